The maximum atomic E-state index is 10.2. The Morgan fingerprint density at radius 2 is 2.11 bits per heavy atom. The van der Waals surface area contributed by atoms with Crippen LogP contribution in [0.5, 0.6) is 5.75 Å². The number of aromatic nitrogens is 1. The van der Waals surface area contributed by atoms with Crippen LogP contribution in [-0.4, -0.2) is 41.9 Å². The molecule has 7 nitrogen and oxygen atoms in total. The molecule has 0 spiro atoms. The Morgan fingerprint density at radius 1 is 1.32 bits per heavy atom. The molecule has 2 rings (SSSR count). The number of aryl methyl sites for hydroxylation is 1. The highest BCUT2D eigenvalue weighted by molar-refractivity contribution is 5.79. The monoisotopic (exact) mass is 388 g/mol. The highest BCUT2D eigenvalue weighted by Crippen LogP contribution is 2.22. The van der Waals surface area contributed by atoms with E-state index in [-0.39, 0.29) is 12.0 Å². The molecule has 0 aliphatic carbocycles. The number of hydrogen-bond donors (Lipinski definition) is 3. The van der Waals surface area contributed by atoms with Gasteiger partial charge in [0, 0.05) is 18.5 Å². The number of nitrogens with zero attached hydrogens (tertiary/aromatic N) is 2. The largest absolute Gasteiger partial charge is 0.491 e. The molecular formula is C21H32N4O3. The second-order valence-electron chi connectivity index (χ2n) is 7.73. The van der Waals surface area contributed by atoms with Gasteiger partial charge in [0.05, 0.1) is 6.20 Å². The summed E-state index contributed by atoms with van der Waals surface area (Å²) in [6.45, 7) is 11.8. The lowest BCUT2D eigenvalue weighted by Crippen LogP contribution is -2.42. The molecule has 0 saturated heterocycles. The number of aliphatic imine (C=N–C) groups is 1. The molecule has 1 heterocycles. The minimum absolute atomic E-state index is 0.0842. The Labute approximate surface area is 167 Å². The van der Waals surface area contributed by atoms with Crippen LogP contribution >= 0.6 is 0 Å². The molecule has 3 N–H and O–H groups in total. The van der Waals surface area contributed by atoms with Crippen LogP contribution in [0.15, 0.2) is 39.9 Å². The van der Waals surface area contributed by atoms with E-state index in [0.717, 1.165) is 17.1 Å². The van der Waals surface area contributed by atoms with Gasteiger partial charge in [0.2, 0.25) is 5.89 Å². The van der Waals surface area contributed by atoms with E-state index in [1.165, 1.54) is 0 Å². The molecule has 1 atom stereocenters. The Kier molecular flexibility index (Phi) is 7.87. The van der Waals surface area contributed by atoms with Crippen LogP contribution in [0.3, 0.4) is 0 Å². The van der Waals surface area contributed by atoms with Gasteiger partial charge in [-0.3, -0.25) is 0 Å². The van der Waals surface area contributed by atoms with Gasteiger partial charge < -0.3 is 24.9 Å². The van der Waals surface area contributed by atoms with Crippen molar-refractivity contribution in [3.05, 3.63) is 47.7 Å². The zero-order valence-electron chi connectivity index (χ0n) is 17.5. The van der Waals surface area contributed by atoms with E-state index in [4.69, 9.17) is 9.15 Å². The van der Waals surface area contributed by atoms with Crippen molar-refractivity contribution in [2.24, 2.45) is 4.99 Å². The molecule has 0 aliphatic rings. The fourth-order valence-electron chi connectivity index (χ4n) is 2.39. The maximum absolute atomic E-state index is 10.2. The predicted octanol–water partition coefficient (Wildman–Crippen LogP) is 2.78. The third kappa shape index (κ3) is 7.23. The number of aliphatic hydroxyl groups excluding tert-OH is 1. The number of nitrogens with one attached hydrogen (secondary N) is 2. The topological polar surface area (TPSA) is 91.9 Å². The molecule has 1 aromatic heterocycles. The van der Waals surface area contributed by atoms with Crippen LogP contribution < -0.4 is 15.4 Å². The molecule has 1 aromatic carbocycles. The number of rotatable bonds is 8. The van der Waals surface area contributed by atoms with Gasteiger partial charge in [-0.05, 0) is 31.5 Å². The summed E-state index contributed by atoms with van der Waals surface area (Å²) in [6, 6.07) is 7.75. The van der Waals surface area contributed by atoms with Gasteiger partial charge in [0.25, 0.3) is 0 Å². The van der Waals surface area contributed by atoms with Crippen LogP contribution in [0.4, 0.5) is 0 Å². The molecule has 7 heteroatoms. The van der Waals surface area contributed by atoms with Crippen LogP contribution in [-0.2, 0) is 12.0 Å². The highest BCUT2D eigenvalue weighted by atomic mass is 16.5. The van der Waals surface area contributed by atoms with Crippen molar-refractivity contribution < 1.29 is 14.3 Å². The Balaban J connectivity index is 1.84. The minimum atomic E-state index is -0.668. The lowest BCUT2D eigenvalue weighted by Gasteiger charge is -2.16. The predicted molar refractivity (Wildman–Crippen MR) is 111 cm³/mol. The molecule has 2 aromatic rings. The van der Waals surface area contributed by atoms with Gasteiger partial charge in [-0.15, -0.1) is 0 Å². The molecule has 0 bridgehead atoms. The summed E-state index contributed by atoms with van der Waals surface area (Å²) in [5, 5.41) is 16.4. The van der Waals surface area contributed by atoms with Gasteiger partial charge in [-0.2, -0.15) is 0 Å². The average molecular weight is 389 g/mol. The molecular weight excluding hydrogens is 356 g/mol. The molecule has 0 radical (unpaired) electrons. The SMILES string of the molecule is CCNC(=NCc1ncc(C(C)(C)C)o1)NCC(O)COc1cccc(C)c1. The van der Waals surface area contributed by atoms with Crippen molar-refractivity contribution in [1.29, 1.82) is 0 Å². The van der Waals surface area contributed by atoms with Crippen molar-refractivity contribution in [3.8, 4) is 5.75 Å². The van der Waals surface area contributed by atoms with Crippen LogP contribution in [0.2, 0.25) is 0 Å². The first kappa shape index (κ1) is 21.8. The second-order valence-corrected chi connectivity index (χ2v) is 7.73. The van der Waals surface area contributed by atoms with E-state index in [0.29, 0.717) is 31.5 Å². The first-order chi connectivity index (χ1) is 13.3. The first-order valence-corrected chi connectivity index (χ1v) is 9.63. The van der Waals surface area contributed by atoms with Gasteiger partial charge >= 0.3 is 0 Å². The number of benzene rings is 1. The summed E-state index contributed by atoms with van der Waals surface area (Å²) in [6.07, 6.45) is 1.08. The smallest absolute Gasteiger partial charge is 0.216 e. The number of hydrogen-bond acceptors (Lipinski definition) is 5. The molecule has 28 heavy (non-hydrogen) atoms. The second kappa shape index (κ2) is 10.1. The summed E-state index contributed by atoms with van der Waals surface area (Å²) < 4.78 is 11.4. The molecule has 0 saturated carbocycles. The Morgan fingerprint density at radius 3 is 2.75 bits per heavy atom. The lowest BCUT2D eigenvalue weighted by atomic mass is 9.94. The summed E-state index contributed by atoms with van der Waals surface area (Å²) in [5.41, 5.74) is 1.03. The molecule has 0 fully saturated rings. The summed E-state index contributed by atoms with van der Waals surface area (Å²) in [7, 11) is 0. The number of ether oxygens (including phenoxy) is 1. The molecule has 0 aliphatic heterocycles. The zero-order chi connectivity index (χ0) is 20.6. The fraction of sp³-hybridized carbons (Fsp3) is 0.524. The lowest BCUT2D eigenvalue weighted by molar-refractivity contribution is 0.110. The number of aliphatic hydroxyl groups is 1. The van der Waals surface area contributed by atoms with Crippen molar-refractivity contribution in [3.63, 3.8) is 0 Å². The number of guanidine groups is 1. The summed E-state index contributed by atoms with van der Waals surface area (Å²) >= 11 is 0. The van der Waals surface area contributed by atoms with Crippen LogP contribution in [0.1, 0.15) is 44.9 Å². The highest BCUT2D eigenvalue weighted by Gasteiger charge is 2.19. The van der Waals surface area contributed by atoms with Crippen LogP contribution in [0, 0.1) is 6.92 Å². The van der Waals surface area contributed by atoms with E-state index in [2.05, 4.69) is 41.4 Å². The Bertz CT molecular complexity index is 765. The van der Waals surface area contributed by atoms with E-state index >= 15 is 0 Å². The standard InChI is InChI=1S/C21H32N4O3/c1-6-22-20(25-13-19-23-12-18(28-19)21(3,4)5)24-11-16(26)14-27-17-9-7-8-15(2)10-17/h7-10,12,16,26H,6,11,13-14H2,1-5H3,(H2,22,24,25). The summed E-state index contributed by atoms with van der Waals surface area (Å²) in [4.78, 5) is 8.75. The van der Waals surface area contributed by atoms with Crippen molar-refractivity contribution in [1.82, 2.24) is 15.6 Å². The van der Waals surface area contributed by atoms with Gasteiger partial charge in [-0.25, -0.2) is 9.98 Å². The first-order valence-electron chi connectivity index (χ1n) is 9.63. The van der Waals surface area contributed by atoms with Crippen molar-refractivity contribution >= 4 is 5.96 Å². The molecule has 154 valence electrons. The zero-order valence-corrected chi connectivity index (χ0v) is 17.5. The molecule has 1 unspecified atom stereocenters. The number of oxazole rings is 1. The normalized spacial score (nSPS) is 13.3. The van der Waals surface area contributed by atoms with E-state index in [1.807, 2.05) is 38.1 Å². The van der Waals surface area contributed by atoms with E-state index in [1.54, 1.807) is 6.20 Å². The third-order valence-electron chi connectivity index (χ3n) is 3.95. The summed E-state index contributed by atoms with van der Waals surface area (Å²) in [5.74, 6) is 2.73. The minimum Gasteiger partial charge on any atom is -0.491 e. The van der Waals surface area contributed by atoms with Gasteiger partial charge in [0.1, 0.15) is 30.8 Å². The molecule has 0 amide bonds. The fourth-order valence-corrected chi connectivity index (χ4v) is 2.39. The Hall–Kier alpha value is -2.54. The van der Waals surface area contributed by atoms with Gasteiger partial charge in [-0.1, -0.05) is 32.9 Å². The third-order valence-corrected chi connectivity index (χ3v) is 3.95. The van der Waals surface area contributed by atoms with E-state index in [9.17, 15) is 5.11 Å². The van der Waals surface area contributed by atoms with Crippen molar-refractivity contribution in [2.45, 2.75) is 52.7 Å². The van der Waals surface area contributed by atoms with Crippen LogP contribution in [0.25, 0.3) is 0 Å². The quantitative estimate of drug-likeness (QED) is 0.476. The van der Waals surface area contributed by atoms with Crippen molar-refractivity contribution in [2.75, 3.05) is 19.7 Å². The maximum Gasteiger partial charge on any atom is 0.216 e. The average Bonchev–Trinajstić information content (AvgIpc) is 3.12. The van der Waals surface area contributed by atoms with Gasteiger partial charge in [0.15, 0.2) is 5.96 Å². The van der Waals surface area contributed by atoms with E-state index < -0.39 is 6.10 Å².